The molecule has 3 aromatic rings. The van der Waals surface area contributed by atoms with Crippen LogP contribution in [0.4, 0.5) is 5.69 Å². The van der Waals surface area contributed by atoms with Gasteiger partial charge < -0.3 is 10.2 Å². The van der Waals surface area contributed by atoms with Crippen molar-refractivity contribution in [1.29, 1.82) is 0 Å². The Bertz CT molecular complexity index is 1080. The normalized spacial score (nSPS) is 16.0. The van der Waals surface area contributed by atoms with Gasteiger partial charge in [0.1, 0.15) is 0 Å². The van der Waals surface area contributed by atoms with E-state index in [2.05, 4.69) is 0 Å². The number of carbonyl (C=O) groups excluding carboxylic acids is 2. The highest BCUT2D eigenvalue weighted by Gasteiger charge is 2.35. The molecular formula is C21H15NO4. The van der Waals surface area contributed by atoms with Gasteiger partial charge in [0.15, 0.2) is 11.5 Å². The number of carbonyl (C=O) groups is 2. The van der Waals surface area contributed by atoms with Crippen LogP contribution in [0.25, 0.3) is 16.8 Å². The molecule has 26 heavy (non-hydrogen) atoms. The number of rotatable bonds is 2. The van der Waals surface area contributed by atoms with Gasteiger partial charge in [0.25, 0.3) is 5.91 Å². The van der Waals surface area contributed by atoms with Gasteiger partial charge in [-0.3, -0.25) is 9.59 Å². The molecule has 0 unspecified atom stereocenters. The summed E-state index contributed by atoms with van der Waals surface area (Å²) in [7, 11) is 0. The van der Waals surface area contributed by atoms with Crippen LogP contribution in [0, 0.1) is 0 Å². The molecule has 3 aromatic carbocycles. The first-order valence-corrected chi connectivity index (χ1v) is 8.11. The lowest BCUT2D eigenvalue weighted by atomic mass is 10.1. The molecule has 2 amide bonds. The zero-order valence-corrected chi connectivity index (χ0v) is 13.7. The second-order valence-electron chi connectivity index (χ2n) is 6.16. The maximum atomic E-state index is 12.7. The Hall–Kier alpha value is -3.60. The van der Waals surface area contributed by atoms with E-state index in [-0.39, 0.29) is 29.7 Å². The molecule has 1 fully saturated rings. The molecule has 1 saturated heterocycles. The van der Waals surface area contributed by atoms with Crippen molar-refractivity contribution in [3.63, 3.8) is 0 Å². The minimum atomic E-state index is -0.377. The molecule has 0 bridgehead atoms. The molecule has 1 aliphatic rings. The second-order valence-corrected chi connectivity index (χ2v) is 6.16. The van der Waals surface area contributed by atoms with Crippen LogP contribution >= 0.6 is 0 Å². The third-order valence-corrected chi connectivity index (χ3v) is 4.40. The van der Waals surface area contributed by atoms with E-state index in [9.17, 15) is 19.8 Å². The van der Waals surface area contributed by atoms with Crippen molar-refractivity contribution >= 4 is 34.4 Å². The first-order valence-electron chi connectivity index (χ1n) is 8.11. The van der Waals surface area contributed by atoms with Gasteiger partial charge in [0.05, 0.1) is 12.1 Å². The third-order valence-electron chi connectivity index (χ3n) is 4.40. The average molecular weight is 345 g/mol. The van der Waals surface area contributed by atoms with Gasteiger partial charge in [0, 0.05) is 5.57 Å². The second kappa shape index (κ2) is 6.04. The first-order chi connectivity index (χ1) is 12.5. The van der Waals surface area contributed by atoms with Gasteiger partial charge in [0.2, 0.25) is 5.91 Å². The number of phenols is 2. The fraction of sp³-hybridized carbons (Fsp3) is 0.0476. The van der Waals surface area contributed by atoms with Crippen LogP contribution in [0.15, 0.2) is 66.2 Å². The lowest BCUT2D eigenvalue weighted by Gasteiger charge is -2.14. The Morgan fingerprint density at radius 1 is 0.846 bits per heavy atom. The summed E-state index contributed by atoms with van der Waals surface area (Å²) < 4.78 is 0. The van der Waals surface area contributed by atoms with Crippen molar-refractivity contribution in [2.24, 2.45) is 0 Å². The van der Waals surface area contributed by atoms with Crippen LogP contribution < -0.4 is 4.90 Å². The minimum Gasteiger partial charge on any atom is -0.504 e. The highest BCUT2D eigenvalue weighted by Crippen LogP contribution is 2.31. The number of benzene rings is 3. The minimum absolute atomic E-state index is 0.00665. The number of hydrogen-bond donors (Lipinski definition) is 2. The fourth-order valence-corrected chi connectivity index (χ4v) is 3.10. The first kappa shape index (κ1) is 15.9. The van der Waals surface area contributed by atoms with E-state index in [0.29, 0.717) is 16.8 Å². The molecule has 128 valence electrons. The molecule has 0 spiro atoms. The van der Waals surface area contributed by atoms with Gasteiger partial charge in [-0.25, -0.2) is 4.90 Å². The Morgan fingerprint density at radius 3 is 2.38 bits per heavy atom. The number of fused-ring (bicyclic) bond motifs is 1. The Kier molecular flexibility index (Phi) is 3.69. The van der Waals surface area contributed by atoms with Crippen molar-refractivity contribution in [3.05, 3.63) is 71.8 Å². The summed E-state index contributed by atoms with van der Waals surface area (Å²) in [6.45, 7) is 0. The number of nitrogens with zero attached hydrogens (tertiary/aromatic N) is 1. The molecule has 0 aromatic heterocycles. The van der Waals surface area contributed by atoms with Crippen LogP contribution in [-0.2, 0) is 9.59 Å². The van der Waals surface area contributed by atoms with Crippen molar-refractivity contribution in [2.45, 2.75) is 6.42 Å². The highest BCUT2D eigenvalue weighted by atomic mass is 16.3. The largest absolute Gasteiger partial charge is 0.504 e. The van der Waals surface area contributed by atoms with E-state index >= 15 is 0 Å². The number of amides is 2. The summed E-state index contributed by atoms with van der Waals surface area (Å²) in [4.78, 5) is 26.3. The molecule has 0 radical (unpaired) electrons. The van der Waals surface area contributed by atoms with E-state index in [1.54, 1.807) is 18.2 Å². The molecule has 0 saturated carbocycles. The molecule has 4 rings (SSSR count). The monoisotopic (exact) mass is 345 g/mol. The van der Waals surface area contributed by atoms with Crippen LogP contribution in [0.5, 0.6) is 11.5 Å². The van der Waals surface area contributed by atoms with Crippen LogP contribution in [0.1, 0.15) is 12.0 Å². The van der Waals surface area contributed by atoms with Gasteiger partial charge in [-0.1, -0.05) is 36.4 Å². The lowest BCUT2D eigenvalue weighted by Crippen LogP contribution is -2.28. The molecule has 0 aliphatic carbocycles. The molecule has 0 atom stereocenters. The fourth-order valence-electron chi connectivity index (χ4n) is 3.10. The van der Waals surface area contributed by atoms with Gasteiger partial charge in [-0.2, -0.15) is 0 Å². The molecule has 5 nitrogen and oxygen atoms in total. The molecule has 1 heterocycles. The maximum absolute atomic E-state index is 12.7. The summed E-state index contributed by atoms with van der Waals surface area (Å²) in [5.74, 6) is -1.18. The van der Waals surface area contributed by atoms with E-state index in [0.717, 1.165) is 10.8 Å². The number of phenolic OH excluding ortho intramolecular Hbond substituents is 2. The summed E-state index contributed by atoms with van der Waals surface area (Å²) in [5, 5.41) is 20.9. The van der Waals surface area contributed by atoms with Crippen molar-refractivity contribution in [1.82, 2.24) is 0 Å². The van der Waals surface area contributed by atoms with Crippen molar-refractivity contribution < 1.29 is 19.8 Å². The molecule has 2 N–H and O–H groups in total. The third kappa shape index (κ3) is 2.69. The van der Waals surface area contributed by atoms with Crippen LogP contribution in [0.3, 0.4) is 0 Å². The maximum Gasteiger partial charge on any atom is 0.261 e. The summed E-state index contributed by atoms with van der Waals surface area (Å²) in [6, 6.07) is 17.4. The van der Waals surface area contributed by atoms with Crippen molar-refractivity contribution in [3.8, 4) is 11.5 Å². The Morgan fingerprint density at radius 2 is 1.62 bits per heavy atom. The number of imide groups is 1. The summed E-state index contributed by atoms with van der Waals surface area (Å²) in [6.07, 6.45) is 1.55. The zero-order chi connectivity index (χ0) is 18.3. The van der Waals surface area contributed by atoms with E-state index in [4.69, 9.17) is 0 Å². The van der Waals surface area contributed by atoms with Crippen molar-refractivity contribution in [2.75, 3.05) is 4.90 Å². The molecule has 5 heteroatoms. The summed E-state index contributed by atoms with van der Waals surface area (Å²) >= 11 is 0. The molecule has 1 aliphatic heterocycles. The summed E-state index contributed by atoms with van der Waals surface area (Å²) in [5.41, 5.74) is 1.42. The number of anilines is 1. The standard InChI is InChI=1S/C21H15NO4/c23-18-8-5-13(10-19(18)24)9-16-12-20(25)22(21(16)26)17-7-6-14-3-1-2-4-15(14)11-17/h1-11,23-24H,12H2. The van der Waals surface area contributed by atoms with E-state index < -0.39 is 0 Å². The highest BCUT2D eigenvalue weighted by molar-refractivity contribution is 6.29. The molecular weight excluding hydrogens is 330 g/mol. The lowest BCUT2D eigenvalue weighted by molar-refractivity contribution is -0.120. The van der Waals surface area contributed by atoms with E-state index in [1.165, 1.54) is 17.0 Å². The van der Waals surface area contributed by atoms with Crippen LogP contribution in [0.2, 0.25) is 0 Å². The SMILES string of the molecule is O=C1CC(=Cc2ccc(O)c(O)c2)C(=O)N1c1ccc2ccccc2c1. The Labute approximate surface area is 149 Å². The smallest absolute Gasteiger partial charge is 0.261 e. The average Bonchev–Trinajstić information content (AvgIpc) is 2.91. The van der Waals surface area contributed by atoms with Gasteiger partial charge >= 0.3 is 0 Å². The van der Waals surface area contributed by atoms with Gasteiger partial charge in [-0.05, 0) is 46.7 Å². The predicted octanol–water partition coefficient (Wildman–Crippen LogP) is 3.60. The predicted molar refractivity (Wildman–Crippen MR) is 98.8 cm³/mol. The number of hydrogen-bond acceptors (Lipinski definition) is 4. The Balaban J connectivity index is 1.70. The zero-order valence-electron chi connectivity index (χ0n) is 13.7. The topological polar surface area (TPSA) is 77.8 Å². The van der Waals surface area contributed by atoms with E-state index in [1.807, 2.05) is 36.4 Å². The van der Waals surface area contributed by atoms with Crippen LogP contribution in [-0.4, -0.2) is 22.0 Å². The number of aromatic hydroxyl groups is 2. The quantitative estimate of drug-likeness (QED) is 0.423. The van der Waals surface area contributed by atoms with Gasteiger partial charge in [-0.15, -0.1) is 0 Å².